The monoisotopic (exact) mass is 193 g/mol. The Labute approximate surface area is 81.6 Å². The van der Waals surface area contributed by atoms with E-state index in [1.807, 2.05) is 20.8 Å². The van der Waals surface area contributed by atoms with Gasteiger partial charge in [0, 0.05) is 5.41 Å². The molecule has 74 valence electrons. The minimum absolute atomic E-state index is 0.102. The summed E-state index contributed by atoms with van der Waals surface area (Å²) in [5.41, 5.74) is 1.49. The Morgan fingerprint density at radius 2 is 2.00 bits per heavy atom. The minimum atomic E-state index is -0.384. The minimum Gasteiger partial charge on any atom is -0.272 e. The number of hydrogen-bond donors (Lipinski definition) is 0. The van der Waals surface area contributed by atoms with Crippen LogP contribution in [0.15, 0.2) is 18.7 Å². The van der Waals surface area contributed by atoms with Crippen LogP contribution in [-0.4, -0.2) is 14.4 Å². The quantitative estimate of drug-likeness (QED) is 0.641. The van der Waals surface area contributed by atoms with Gasteiger partial charge in [0.2, 0.25) is 5.95 Å². The largest absolute Gasteiger partial charge is 0.272 e. The van der Waals surface area contributed by atoms with Crippen LogP contribution in [0.2, 0.25) is 0 Å². The Bertz CT molecular complexity index is 468. The molecule has 0 fully saturated rings. The van der Waals surface area contributed by atoms with Crippen LogP contribution in [0.5, 0.6) is 0 Å². The molecule has 0 bridgehead atoms. The molecular formula is C10H12FN3. The molecule has 0 aliphatic rings. The molecule has 2 aromatic rings. The summed E-state index contributed by atoms with van der Waals surface area (Å²) in [7, 11) is 0. The van der Waals surface area contributed by atoms with Gasteiger partial charge in [0.25, 0.3) is 0 Å². The molecule has 0 spiro atoms. The predicted molar refractivity (Wildman–Crippen MR) is 51.6 cm³/mol. The molecule has 3 nitrogen and oxygen atoms in total. The molecule has 0 aromatic carbocycles. The molecule has 0 unspecified atom stereocenters. The van der Waals surface area contributed by atoms with E-state index in [-0.39, 0.29) is 11.4 Å². The van der Waals surface area contributed by atoms with Crippen LogP contribution in [0.25, 0.3) is 5.52 Å². The molecule has 0 radical (unpaired) electrons. The van der Waals surface area contributed by atoms with Crippen molar-refractivity contribution in [2.45, 2.75) is 26.2 Å². The van der Waals surface area contributed by atoms with Crippen LogP contribution in [0.1, 0.15) is 26.5 Å². The van der Waals surface area contributed by atoms with Gasteiger partial charge >= 0.3 is 0 Å². The summed E-state index contributed by atoms with van der Waals surface area (Å²) in [6.07, 6.45) is 4.33. The van der Waals surface area contributed by atoms with Crippen molar-refractivity contribution in [2.24, 2.45) is 0 Å². The molecule has 0 saturated heterocycles. The summed E-state index contributed by atoms with van der Waals surface area (Å²) in [4.78, 5) is 8.03. The molecular weight excluding hydrogens is 181 g/mol. The fourth-order valence-corrected chi connectivity index (χ4v) is 1.46. The molecule has 2 aromatic heterocycles. The average Bonchev–Trinajstić information content (AvgIpc) is 2.50. The molecule has 0 saturated carbocycles. The third kappa shape index (κ3) is 1.27. The number of hydrogen-bond acceptors (Lipinski definition) is 2. The van der Waals surface area contributed by atoms with Crippen LogP contribution < -0.4 is 0 Å². The predicted octanol–water partition coefficient (Wildman–Crippen LogP) is 2.17. The van der Waals surface area contributed by atoms with E-state index in [2.05, 4.69) is 9.97 Å². The summed E-state index contributed by atoms with van der Waals surface area (Å²) in [6.45, 7) is 6.13. The van der Waals surface area contributed by atoms with Crippen LogP contribution >= 0.6 is 0 Å². The molecule has 14 heavy (non-hydrogen) atoms. The molecule has 0 aliphatic carbocycles. The maximum Gasteiger partial charge on any atom is 0.217 e. The Balaban J connectivity index is 2.80. The normalized spacial score (nSPS) is 12.3. The highest BCUT2D eigenvalue weighted by Crippen LogP contribution is 2.24. The van der Waals surface area contributed by atoms with E-state index >= 15 is 0 Å². The maximum absolute atomic E-state index is 13.2. The van der Waals surface area contributed by atoms with Gasteiger partial charge in [-0.25, -0.2) is 4.98 Å². The summed E-state index contributed by atoms with van der Waals surface area (Å²) >= 11 is 0. The average molecular weight is 193 g/mol. The van der Waals surface area contributed by atoms with Crippen LogP contribution in [0.4, 0.5) is 4.39 Å². The first kappa shape index (κ1) is 9.12. The van der Waals surface area contributed by atoms with E-state index < -0.39 is 0 Å². The van der Waals surface area contributed by atoms with Gasteiger partial charge in [0.05, 0.1) is 23.6 Å². The highest BCUT2D eigenvalue weighted by atomic mass is 19.1. The second kappa shape index (κ2) is 2.77. The standard InChI is InChI=1S/C10H12FN3/c1-10(2,3)9-7-4-12-6-14(7)8(11)5-13-9/h4-6H,1-3H3. The number of halogens is 1. The molecule has 0 N–H and O–H groups in total. The molecule has 0 aliphatic heterocycles. The van der Waals surface area contributed by atoms with Crippen molar-refractivity contribution in [3.05, 3.63) is 30.4 Å². The van der Waals surface area contributed by atoms with Gasteiger partial charge < -0.3 is 0 Å². The van der Waals surface area contributed by atoms with E-state index in [0.29, 0.717) is 0 Å². The first-order valence-corrected chi connectivity index (χ1v) is 4.47. The fraction of sp³-hybridized carbons (Fsp3) is 0.400. The third-order valence-corrected chi connectivity index (χ3v) is 2.12. The summed E-state index contributed by atoms with van der Waals surface area (Å²) in [5.74, 6) is -0.384. The van der Waals surface area contributed by atoms with Gasteiger partial charge in [-0.15, -0.1) is 0 Å². The van der Waals surface area contributed by atoms with E-state index in [1.54, 1.807) is 6.20 Å². The highest BCUT2D eigenvalue weighted by molar-refractivity contribution is 5.52. The lowest BCUT2D eigenvalue weighted by atomic mass is 9.91. The zero-order valence-corrected chi connectivity index (χ0v) is 8.45. The second-order valence-electron chi connectivity index (χ2n) is 4.33. The lowest BCUT2D eigenvalue weighted by molar-refractivity contribution is 0.533. The molecule has 2 rings (SSSR count). The SMILES string of the molecule is CC(C)(C)c1ncc(F)n2cncc12. The maximum atomic E-state index is 13.2. The zero-order valence-electron chi connectivity index (χ0n) is 8.45. The van der Waals surface area contributed by atoms with Crippen LogP contribution in [-0.2, 0) is 5.41 Å². The van der Waals surface area contributed by atoms with Gasteiger partial charge in [-0.1, -0.05) is 20.8 Å². The van der Waals surface area contributed by atoms with Gasteiger partial charge in [-0.3, -0.25) is 9.38 Å². The topological polar surface area (TPSA) is 30.2 Å². The van der Waals surface area contributed by atoms with Gasteiger partial charge in [-0.2, -0.15) is 4.39 Å². The Kier molecular flexibility index (Phi) is 1.80. The van der Waals surface area contributed by atoms with Gasteiger partial charge in [0.1, 0.15) is 6.33 Å². The van der Waals surface area contributed by atoms with Crippen molar-refractivity contribution >= 4 is 5.52 Å². The fourth-order valence-electron chi connectivity index (χ4n) is 1.46. The van der Waals surface area contributed by atoms with Gasteiger partial charge in [0.15, 0.2) is 0 Å². The lowest BCUT2D eigenvalue weighted by Crippen LogP contribution is -2.15. The molecule has 0 amide bonds. The van der Waals surface area contributed by atoms with Crippen molar-refractivity contribution < 1.29 is 4.39 Å². The molecule has 0 atom stereocenters. The van der Waals surface area contributed by atoms with Crippen LogP contribution in [0.3, 0.4) is 0 Å². The first-order chi connectivity index (χ1) is 6.50. The van der Waals surface area contributed by atoms with Gasteiger partial charge in [-0.05, 0) is 0 Å². The number of imidazole rings is 1. The lowest BCUT2D eigenvalue weighted by Gasteiger charge is -2.18. The number of fused-ring (bicyclic) bond motifs is 1. The van der Waals surface area contributed by atoms with Crippen molar-refractivity contribution in [3.8, 4) is 0 Å². The zero-order chi connectivity index (χ0) is 10.3. The van der Waals surface area contributed by atoms with Crippen molar-refractivity contribution in [1.82, 2.24) is 14.4 Å². The van der Waals surface area contributed by atoms with E-state index in [1.165, 1.54) is 16.9 Å². The Morgan fingerprint density at radius 1 is 1.29 bits per heavy atom. The van der Waals surface area contributed by atoms with E-state index in [9.17, 15) is 4.39 Å². The smallest absolute Gasteiger partial charge is 0.217 e. The number of nitrogens with zero attached hydrogens (tertiary/aromatic N) is 3. The molecule has 2 heterocycles. The Hall–Kier alpha value is -1.45. The van der Waals surface area contributed by atoms with Crippen molar-refractivity contribution in [1.29, 1.82) is 0 Å². The third-order valence-electron chi connectivity index (χ3n) is 2.12. The van der Waals surface area contributed by atoms with E-state index in [4.69, 9.17) is 0 Å². The van der Waals surface area contributed by atoms with Crippen molar-refractivity contribution in [2.75, 3.05) is 0 Å². The second-order valence-corrected chi connectivity index (χ2v) is 4.33. The number of rotatable bonds is 0. The summed E-state index contributed by atoms with van der Waals surface area (Å²) < 4.78 is 14.7. The highest BCUT2D eigenvalue weighted by Gasteiger charge is 2.20. The summed E-state index contributed by atoms with van der Waals surface area (Å²) in [5, 5.41) is 0. The molecule has 4 heteroatoms. The van der Waals surface area contributed by atoms with Crippen molar-refractivity contribution in [3.63, 3.8) is 0 Å². The number of aromatic nitrogens is 3. The Morgan fingerprint density at radius 3 is 2.64 bits per heavy atom. The first-order valence-electron chi connectivity index (χ1n) is 4.47. The summed E-state index contributed by atoms with van der Waals surface area (Å²) in [6, 6.07) is 0. The van der Waals surface area contributed by atoms with Crippen LogP contribution in [0, 0.1) is 5.95 Å². The van der Waals surface area contributed by atoms with E-state index in [0.717, 1.165) is 11.2 Å².